The number of nitrogens with one attached hydrogen (secondary N) is 1. The van der Waals surface area contributed by atoms with Crippen molar-refractivity contribution in [1.82, 2.24) is 15.4 Å². The largest absolute Gasteiger partial charge is 0.408 e. The Balaban J connectivity index is 1.62. The van der Waals surface area contributed by atoms with Gasteiger partial charge < -0.3 is 14.3 Å². The van der Waals surface area contributed by atoms with Crippen LogP contribution < -0.4 is 5.32 Å². The Morgan fingerprint density at radius 3 is 2.65 bits per heavy atom. The maximum Gasteiger partial charge on any atom is 0.315 e. The topological polar surface area (TPSA) is 77.0 Å². The van der Waals surface area contributed by atoms with Gasteiger partial charge in [0.25, 0.3) is 0 Å². The zero-order valence-electron chi connectivity index (χ0n) is 12.0. The fourth-order valence-electron chi connectivity index (χ4n) is 2.74. The molecule has 0 aromatic carbocycles. The van der Waals surface area contributed by atoms with E-state index in [1.807, 2.05) is 13.8 Å². The van der Waals surface area contributed by atoms with E-state index < -0.39 is 0 Å². The Kier molecular flexibility index (Phi) is 3.71. The second-order valence-electron chi connectivity index (χ2n) is 5.44. The first-order valence-corrected chi connectivity index (χ1v) is 7.23. The van der Waals surface area contributed by atoms with Crippen LogP contribution in [0, 0.1) is 13.8 Å². The van der Waals surface area contributed by atoms with Crippen molar-refractivity contribution in [2.45, 2.75) is 58.4 Å². The first-order chi connectivity index (χ1) is 9.74. The monoisotopic (exact) mass is 276 g/mol. The highest BCUT2D eigenvalue weighted by molar-refractivity contribution is 5.27. The van der Waals surface area contributed by atoms with E-state index in [1.54, 1.807) is 0 Å². The van der Waals surface area contributed by atoms with E-state index in [0.29, 0.717) is 18.5 Å². The van der Waals surface area contributed by atoms with Gasteiger partial charge in [-0.3, -0.25) is 0 Å². The van der Waals surface area contributed by atoms with Crippen LogP contribution >= 0.6 is 0 Å². The number of hydrogen-bond donors (Lipinski definition) is 1. The third-order valence-corrected chi connectivity index (χ3v) is 3.99. The van der Waals surface area contributed by atoms with Gasteiger partial charge in [0, 0.05) is 18.0 Å². The van der Waals surface area contributed by atoms with Crippen LogP contribution in [0.4, 0.5) is 6.01 Å². The van der Waals surface area contributed by atoms with Gasteiger partial charge in [-0.05, 0) is 26.7 Å². The van der Waals surface area contributed by atoms with Gasteiger partial charge in [-0.2, -0.15) is 0 Å². The molecule has 6 nitrogen and oxygen atoms in total. The molecule has 0 atom stereocenters. The summed E-state index contributed by atoms with van der Waals surface area (Å²) in [5.41, 5.74) is 1.93. The smallest absolute Gasteiger partial charge is 0.315 e. The Hall–Kier alpha value is -1.85. The molecule has 0 amide bonds. The van der Waals surface area contributed by atoms with Crippen LogP contribution in [0.3, 0.4) is 0 Å². The van der Waals surface area contributed by atoms with Crippen molar-refractivity contribution in [2.75, 3.05) is 5.32 Å². The van der Waals surface area contributed by atoms with Gasteiger partial charge in [-0.25, -0.2) is 0 Å². The number of aromatic nitrogens is 3. The van der Waals surface area contributed by atoms with E-state index in [1.165, 1.54) is 19.3 Å². The molecule has 108 valence electrons. The molecule has 1 aliphatic rings. The zero-order chi connectivity index (χ0) is 13.9. The van der Waals surface area contributed by atoms with Gasteiger partial charge >= 0.3 is 6.01 Å². The van der Waals surface area contributed by atoms with Crippen LogP contribution in [0.15, 0.2) is 8.94 Å². The lowest BCUT2D eigenvalue weighted by Gasteiger charge is -2.17. The van der Waals surface area contributed by atoms with Gasteiger partial charge in [0.1, 0.15) is 5.76 Å². The molecule has 1 fully saturated rings. The van der Waals surface area contributed by atoms with Crippen molar-refractivity contribution in [3.05, 3.63) is 22.9 Å². The number of nitrogens with zero attached hydrogens (tertiary/aromatic N) is 3. The van der Waals surface area contributed by atoms with Crippen LogP contribution in [-0.4, -0.2) is 15.4 Å². The normalized spacial score (nSPS) is 16.5. The van der Waals surface area contributed by atoms with Gasteiger partial charge in [0.2, 0.25) is 5.89 Å². The minimum absolute atomic E-state index is 0.436. The van der Waals surface area contributed by atoms with Crippen LogP contribution in [0.1, 0.15) is 60.9 Å². The lowest BCUT2D eigenvalue weighted by atomic mass is 9.89. The van der Waals surface area contributed by atoms with Crippen molar-refractivity contribution < 1.29 is 8.94 Å². The van der Waals surface area contributed by atoms with Gasteiger partial charge in [-0.1, -0.05) is 29.5 Å². The van der Waals surface area contributed by atoms with E-state index in [4.69, 9.17) is 8.94 Å². The summed E-state index contributed by atoms with van der Waals surface area (Å²) in [6, 6.07) is 0.477. The standard InChI is InChI=1S/C14H20N4O2/c1-9-12(10(2)20-18-9)8-15-14-17-16-13(19-14)11-6-4-3-5-7-11/h11H,3-8H2,1-2H3,(H,15,17). The summed E-state index contributed by atoms with van der Waals surface area (Å²) in [5, 5.41) is 15.3. The van der Waals surface area contributed by atoms with Crippen molar-refractivity contribution in [1.29, 1.82) is 0 Å². The molecule has 0 bridgehead atoms. The molecule has 0 spiro atoms. The molecule has 2 aromatic heterocycles. The van der Waals surface area contributed by atoms with Crippen LogP contribution in [0.25, 0.3) is 0 Å². The quantitative estimate of drug-likeness (QED) is 0.922. The lowest BCUT2D eigenvalue weighted by molar-refractivity contribution is 0.367. The molecular formula is C14H20N4O2. The summed E-state index contributed by atoms with van der Waals surface area (Å²) in [6.07, 6.45) is 6.16. The van der Waals surface area contributed by atoms with Crippen molar-refractivity contribution in [3.8, 4) is 0 Å². The molecule has 0 unspecified atom stereocenters. The fourth-order valence-corrected chi connectivity index (χ4v) is 2.74. The minimum Gasteiger partial charge on any atom is -0.408 e. The van der Waals surface area contributed by atoms with E-state index in [0.717, 1.165) is 35.7 Å². The Bertz CT molecular complexity index is 550. The zero-order valence-corrected chi connectivity index (χ0v) is 12.0. The summed E-state index contributed by atoms with van der Waals surface area (Å²) in [4.78, 5) is 0. The highest BCUT2D eigenvalue weighted by Crippen LogP contribution is 2.32. The first-order valence-electron chi connectivity index (χ1n) is 7.23. The summed E-state index contributed by atoms with van der Waals surface area (Å²) in [6.45, 7) is 4.42. The van der Waals surface area contributed by atoms with Gasteiger partial charge in [-0.15, -0.1) is 5.10 Å². The molecular weight excluding hydrogens is 256 g/mol. The molecule has 2 heterocycles. The van der Waals surface area contributed by atoms with Crippen LogP contribution in [0.2, 0.25) is 0 Å². The second-order valence-corrected chi connectivity index (χ2v) is 5.44. The van der Waals surface area contributed by atoms with Crippen LogP contribution in [-0.2, 0) is 6.54 Å². The molecule has 3 rings (SSSR count). The maximum absolute atomic E-state index is 5.72. The van der Waals surface area contributed by atoms with Gasteiger partial charge in [0.05, 0.1) is 5.69 Å². The molecule has 6 heteroatoms. The third kappa shape index (κ3) is 2.69. The molecule has 0 saturated heterocycles. The molecule has 1 N–H and O–H groups in total. The Morgan fingerprint density at radius 1 is 1.15 bits per heavy atom. The number of anilines is 1. The lowest BCUT2D eigenvalue weighted by Crippen LogP contribution is -2.04. The van der Waals surface area contributed by atoms with Crippen LogP contribution in [0.5, 0.6) is 0 Å². The van der Waals surface area contributed by atoms with Gasteiger partial charge in [0.15, 0.2) is 0 Å². The van der Waals surface area contributed by atoms with E-state index in [9.17, 15) is 0 Å². The highest BCUT2D eigenvalue weighted by Gasteiger charge is 2.21. The van der Waals surface area contributed by atoms with Crippen molar-refractivity contribution in [3.63, 3.8) is 0 Å². The van der Waals surface area contributed by atoms with E-state index in [2.05, 4.69) is 20.7 Å². The van der Waals surface area contributed by atoms with Crippen molar-refractivity contribution in [2.24, 2.45) is 0 Å². The Labute approximate surface area is 117 Å². The van der Waals surface area contributed by atoms with E-state index in [-0.39, 0.29) is 0 Å². The number of aryl methyl sites for hydroxylation is 2. The molecule has 2 aromatic rings. The SMILES string of the molecule is Cc1noc(C)c1CNc1nnc(C2CCCCC2)o1. The average molecular weight is 276 g/mol. The summed E-state index contributed by atoms with van der Waals surface area (Å²) in [7, 11) is 0. The van der Waals surface area contributed by atoms with E-state index >= 15 is 0 Å². The molecule has 1 saturated carbocycles. The number of hydrogen-bond acceptors (Lipinski definition) is 6. The highest BCUT2D eigenvalue weighted by atomic mass is 16.5. The summed E-state index contributed by atoms with van der Waals surface area (Å²) < 4.78 is 10.8. The number of rotatable bonds is 4. The minimum atomic E-state index is 0.436. The third-order valence-electron chi connectivity index (χ3n) is 3.99. The fraction of sp³-hybridized carbons (Fsp3) is 0.643. The average Bonchev–Trinajstić information content (AvgIpc) is 3.06. The first kappa shape index (κ1) is 13.1. The maximum atomic E-state index is 5.72. The summed E-state index contributed by atoms with van der Waals surface area (Å²) >= 11 is 0. The second kappa shape index (κ2) is 5.64. The van der Waals surface area contributed by atoms with Crippen molar-refractivity contribution >= 4 is 6.01 Å². The predicted molar refractivity (Wildman–Crippen MR) is 73.4 cm³/mol. The summed E-state index contributed by atoms with van der Waals surface area (Å²) in [5.74, 6) is 2.03. The molecule has 0 aliphatic heterocycles. The molecule has 0 radical (unpaired) electrons. The molecule has 1 aliphatic carbocycles. The predicted octanol–water partition coefficient (Wildman–Crippen LogP) is 3.33. The Morgan fingerprint density at radius 2 is 1.95 bits per heavy atom. The molecule has 20 heavy (non-hydrogen) atoms.